The standard InChI is InChI=1S/C7H8NO2/c1-8(6-9)5-7-3-2-4-10-7/h2-4H,5H2,1H3. The van der Waals surface area contributed by atoms with E-state index >= 15 is 0 Å². The summed E-state index contributed by atoms with van der Waals surface area (Å²) in [7, 11) is 1.65. The lowest BCUT2D eigenvalue weighted by Crippen LogP contribution is -2.14. The quantitative estimate of drug-likeness (QED) is 0.578. The van der Waals surface area contributed by atoms with Crippen molar-refractivity contribution in [1.82, 2.24) is 4.90 Å². The van der Waals surface area contributed by atoms with Crippen LogP contribution in [0.25, 0.3) is 0 Å². The molecule has 0 spiro atoms. The van der Waals surface area contributed by atoms with Gasteiger partial charge in [-0.05, 0) is 12.1 Å². The molecule has 0 saturated heterocycles. The Hall–Kier alpha value is -1.25. The van der Waals surface area contributed by atoms with E-state index < -0.39 is 0 Å². The summed E-state index contributed by atoms with van der Waals surface area (Å²) in [6, 6.07) is 3.60. The molecule has 0 bridgehead atoms. The summed E-state index contributed by atoms with van der Waals surface area (Å²) < 4.78 is 4.99. The molecule has 1 radical (unpaired) electrons. The fraction of sp³-hybridized carbons (Fsp3) is 0.286. The summed E-state index contributed by atoms with van der Waals surface area (Å²) in [5.74, 6) is 0.769. The highest BCUT2D eigenvalue weighted by atomic mass is 16.3. The molecule has 0 N–H and O–H groups in total. The minimum absolute atomic E-state index is 0.483. The number of nitrogens with zero attached hydrogens (tertiary/aromatic N) is 1. The average molecular weight is 138 g/mol. The van der Waals surface area contributed by atoms with E-state index in [1.807, 2.05) is 6.07 Å². The van der Waals surface area contributed by atoms with Gasteiger partial charge in [-0.25, -0.2) is 0 Å². The van der Waals surface area contributed by atoms with Gasteiger partial charge in [0.15, 0.2) is 0 Å². The van der Waals surface area contributed by atoms with E-state index in [1.165, 1.54) is 4.90 Å². The largest absolute Gasteiger partial charge is 0.467 e. The van der Waals surface area contributed by atoms with Crippen LogP contribution in [0.3, 0.4) is 0 Å². The molecule has 3 nitrogen and oxygen atoms in total. The molecule has 1 amide bonds. The number of hydrogen-bond donors (Lipinski definition) is 0. The van der Waals surface area contributed by atoms with Crippen molar-refractivity contribution < 1.29 is 9.21 Å². The van der Waals surface area contributed by atoms with Crippen molar-refractivity contribution in [2.75, 3.05) is 7.05 Å². The van der Waals surface area contributed by atoms with E-state index in [0.717, 1.165) is 5.76 Å². The van der Waals surface area contributed by atoms with Crippen molar-refractivity contribution in [2.45, 2.75) is 6.54 Å². The van der Waals surface area contributed by atoms with Crippen LogP contribution in [0, 0.1) is 0 Å². The summed E-state index contributed by atoms with van der Waals surface area (Å²) in [4.78, 5) is 11.4. The highest BCUT2D eigenvalue weighted by Gasteiger charge is 1.98. The lowest BCUT2D eigenvalue weighted by molar-refractivity contribution is 0.383. The first kappa shape index (κ1) is 6.86. The molecular formula is C7H8NO2. The third-order valence-electron chi connectivity index (χ3n) is 1.13. The monoisotopic (exact) mass is 138 g/mol. The van der Waals surface area contributed by atoms with Crippen molar-refractivity contribution in [1.29, 1.82) is 0 Å². The molecule has 0 saturated carbocycles. The second-order valence-corrected chi connectivity index (χ2v) is 2.03. The van der Waals surface area contributed by atoms with Crippen molar-refractivity contribution >= 4 is 6.41 Å². The topological polar surface area (TPSA) is 33.5 Å². The second kappa shape index (κ2) is 3.06. The molecule has 0 aliphatic carbocycles. The predicted molar refractivity (Wildman–Crippen MR) is 35.9 cm³/mol. The van der Waals surface area contributed by atoms with E-state index in [0.29, 0.717) is 6.54 Å². The fourth-order valence-corrected chi connectivity index (χ4v) is 0.669. The maximum Gasteiger partial charge on any atom is 0.312 e. The zero-order valence-electron chi connectivity index (χ0n) is 5.70. The van der Waals surface area contributed by atoms with Crippen LogP contribution in [-0.2, 0) is 11.3 Å². The normalized spacial score (nSPS) is 9.30. The molecule has 10 heavy (non-hydrogen) atoms. The van der Waals surface area contributed by atoms with Crippen LogP contribution in [0.15, 0.2) is 22.8 Å². The predicted octanol–water partition coefficient (Wildman–Crippen LogP) is 0.779. The second-order valence-electron chi connectivity index (χ2n) is 2.03. The molecule has 0 aliphatic rings. The van der Waals surface area contributed by atoms with Gasteiger partial charge < -0.3 is 9.32 Å². The van der Waals surface area contributed by atoms with Crippen LogP contribution >= 0.6 is 0 Å². The van der Waals surface area contributed by atoms with Gasteiger partial charge in [0.25, 0.3) is 0 Å². The number of carbonyl (C=O) groups excluding carboxylic acids is 1. The Labute approximate surface area is 59.2 Å². The van der Waals surface area contributed by atoms with E-state index in [2.05, 4.69) is 0 Å². The van der Waals surface area contributed by atoms with Crippen LogP contribution in [0.2, 0.25) is 0 Å². The lowest BCUT2D eigenvalue weighted by Gasteiger charge is -2.04. The summed E-state index contributed by atoms with van der Waals surface area (Å²) in [5, 5.41) is 0. The van der Waals surface area contributed by atoms with Crippen LogP contribution in [0.5, 0.6) is 0 Å². The molecule has 1 heterocycles. The summed E-state index contributed by atoms with van der Waals surface area (Å²) in [6.07, 6.45) is 3.30. The molecular weight excluding hydrogens is 130 g/mol. The average Bonchev–Trinajstić information content (AvgIpc) is 2.40. The van der Waals surface area contributed by atoms with Gasteiger partial charge in [-0.2, -0.15) is 0 Å². The molecule has 0 fully saturated rings. The van der Waals surface area contributed by atoms with Gasteiger partial charge in [0, 0.05) is 7.05 Å². The summed E-state index contributed by atoms with van der Waals surface area (Å²) in [5.41, 5.74) is 0. The molecule has 1 aromatic heterocycles. The van der Waals surface area contributed by atoms with Gasteiger partial charge in [-0.3, -0.25) is 4.79 Å². The van der Waals surface area contributed by atoms with Gasteiger partial charge in [-0.1, -0.05) is 0 Å². The van der Waals surface area contributed by atoms with Gasteiger partial charge in [0.1, 0.15) is 5.76 Å². The first-order valence-corrected chi connectivity index (χ1v) is 2.94. The lowest BCUT2D eigenvalue weighted by atomic mass is 10.4. The van der Waals surface area contributed by atoms with Crippen LogP contribution in [0.4, 0.5) is 0 Å². The van der Waals surface area contributed by atoms with Crippen molar-refractivity contribution in [3.8, 4) is 0 Å². The minimum Gasteiger partial charge on any atom is -0.467 e. The summed E-state index contributed by atoms with van der Waals surface area (Å²) >= 11 is 0. The number of amides is 1. The van der Waals surface area contributed by atoms with Gasteiger partial charge in [-0.15, -0.1) is 0 Å². The minimum atomic E-state index is 0.483. The third-order valence-corrected chi connectivity index (χ3v) is 1.13. The van der Waals surface area contributed by atoms with Crippen molar-refractivity contribution in [3.05, 3.63) is 24.2 Å². The zero-order valence-corrected chi connectivity index (χ0v) is 5.70. The highest BCUT2D eigenvalue weighted by molar-refractivity contribution is 5.47. The fourth-order valence-electron chi connectivity index (χ4n) is 0.669. The molecule has 1 rings (SSSR count). The van der Waals surface area contributed by atoms with Gasteiger partial charge in [0.05, 0.1) is 12.8 Å². The maximum absolute atomic E-state index is 9.99. The van der Waals surface area contributed by atoms with E-state index in [4.69, 9.17) is 4.42 Å². The van der Waals surface area contributed by atoms with Crippen LogP contribution in [0.1, 0.15) is 5.76 Å². The van der Waals surface area contributed by atoms with E-state index in [9.17, 15) is 4.79 Å². The van der Waals surface area contributed by atoms with Crippen molar-refractivity contribution in [3.63, 3.8) is 0 Å². The highest BCUT2D eigenvalue weighted by Crippen LogP contribution is 2.01. The van der Waals surface area contributed by atoms with E-state index in [-0.39, 0.29) is 0 Å². The molecule has 0 aromatic carbocycles. The Balaban J connectivity index is 2.47. The Morgan fingerprint density at radius 3 is 3.10 bits per heavy atom. The molecule has 53 valence electrons. The Morgan fingerprint density at radius 1 is 1.80 bits per heavy atom. The number of furan rings is 1. The first-order valence-electron chi connectivity index (χ1n) is 2.94. The van der Waals surface area contributed by atoms with Crippen LogP contribution in [-0.4, -0.2) is 18.4 Å². The van der Waals surface area contributed by atoms with Crippen molar-refractivity contribution in [2.24, 2.45) is 0 Å². The summed E-state index contributed by atoms with van der Waals surface area (Å²) in [6.45, 7) is 0.483. The van der Waals surface area contributed by atoms with Crippen LogP contribution < -0.4 is 0 Å². The Kier molecular flexibility index (Phi) is 2.10. The van der Waals surface area contributed by atoms with Gasteiger partial charge in [0.2, 0.25) is 0 Å². The smallest absolute Gasteiger partial charge is 0.312 e. The SMILES string of the molecule is CN([C]=O)Cc1ccco1. The number of rotatable bonds is 3. The van der Waals surface area contributed by atoms with E-state index in [1.54, 1.807) is 25.8 Å². The molecule has 0 atom stereocenters. The zero-order chi connectivity index (χ0) is 7.40. The number of hydrogen-bond acceptors (Lipinski definition) is 2. The first-order chi connectivity index (χ1) is 4.83. The maximum atomic E-state index is 9.99. The Bertz CT molecular complexity index is 193. The third kappa shape index (κ3) is 1.62. The molecule has 1 aromatic rings. The molecule has 0 unspecified atom stereocenters. The molecule has 0 aliphatic heterocycles. The Morgan fingerprint density at radius 2 is 2.60 bits per heavy atom. The van der Waals surface area contributed by atoms with Gasteiger partial charge >= 0.3 is 6.41 Å². The molecule has 3 heteroatoms.